The minimum absolute atomic E-state index is 0.663. The Hall–Kier alpha value is -0.470. The van der Waals surface area contributed by atoms with Crippen molar-refractivity contribution in [1.29, 1.82) is 0 Å². The topological polar surface area (TPSA) is 12.0 Å². The fraction of sp³-hybridized carbons (Fsp3) is 0.600. The number of benzene rings is 1. The lowest BCUT2D eigenvalue weighted by molar-refractivity contribution is 0.386. The molecule has 17 heavy (non-hydrogen) atoms. The lowest BCUT2D eigenvalue weighted by atomic mass is 9.91. The number of rotatable bonds is 5. The Kier molecular flexibility index (Phi) is 4.93. The summed E-state index contributed by atoms with van der Waals surface area (Å²) in [6.07, 6.45) is 2.57. The minimum Gasteiger partial charge on any atom is -0.314 e. The molecule has 2 atom stereocenters. The van der Waals surface area contributed by atoms with E-state index in [1.165, 1.54) is 35.5 Å². The van der Waals surface area contributed by atoms with Crippen LogP contribution in [0.2, 0.25) is 0 Å². The molecule has 0 amide bonds. The first-order chi connectivity index (χ1) is 8.31. The van der Waals surface area contributed by atoms with Crippen LogP contribution in [0.3, 0.4) is 0 Å². The molecule has 1 nitrogen and oxygen atoms in total. The van der Waals surface area contributed by atoms with Crippen LogP contribution >= 0.6 is 11.8 Å². The maximum Gasteiger partial charge on any atom is 0.0144 e. The van der Waals surface area contributed by atoms with Crippen molar-refractivity contribution in [1.82, 2.24) is 5.32 Å². The maximum atomic E-state index is 3.69. The minimum atomic E-state index is 0.663. The van der Waals surface area contributed by atoms with Gasteiger partial charge in [0.05, 0.1) is 0 Å². The van der Waals surface area contributed by atoms with Crippen LogP contribution < -0.4 is 5.32 Å². The fourth-order valence-electron chi connectivity index (χ4n) is 2.61. The lowest BCUT2D eigenvalue weighted by Gasteiger charge is -2.24. The normalized spacial score (nSPS) is 21.6. The van der Waals surface area contributed by atoms with Crippen molar-refractivity contribution in [2.75, 3.05) is 18.1 Å². The Morgan fingerprint density at radius 3 is 2.88 bits per heavy atom. The van der Waals surface area contributed by atoms with E-state index >= 15 is 0 Å². The van der Waals surface area contributed by atoms with Gasteiger partial charge in [0.25, 0.3) is 0 Å². The molecule has 1 N–H and O–H groups in total. The summed E-state index contributed by atoms with van der Waals surface area (Å²) in [5.74, 6) is 3.55. The van der Waals surface area contributed by atoms with Crippen molar-refractivity contribution in [3.63, 3.8) is 0 Å². The number of nitrogens with one attached hydrogen (secondary N) is 1. The predicted molar refractivity (Wildman–Crippen MR) is 77.8 cm³/mol. The third-order valence-electron chi connectivity index (χ3n) is 3.70. The third kappa shape index (κ3) is 3.49. The van der Waals surface area contributed by atoms with Gasteiger partial charge in [0.15, 0.2) is 0 Å². The number of thioether (sulfide) groups is 1. The summed E-state index contributed by atoms with van der Waals surface area (Å²) in [5.41, 5.74) is 2.94. The molecular formula is C15H23NS. The highest BCUT2D eigenvalue weighted by Crippen LogP contribution is 2.28. The molecule has 1 aromatic carbocycles. The highest BCUT2D eigenvalue weighted by Gasteiger charge is 2.25. The Morgan fingerprint density at radius 2 is 2.24 bits per heavy atom. The summed E-state index contributed by atoms with van der Waals surface area (Å²) in [6.45, 7) is 5.52. The third-order valence-corrected chi connectivity index (χ3v) is 4.89. The molecule has 0 bridgehead atoms. The van der Waals surface area contributed by atoms with Crippen LogP contribution in [0.4, 0.5) is 0 Å². The van der Waals surface area contributed by atoms with E-state index < -0.39 is 0 Å². The standard InChI is InChI=1S/C15H23NS/c1-3-16-15(14-8-9-17-11-14)10-13-7-5-4-6-12(13)2/h4-7,14-16H,3,8-11H2,1-2H3. The van der Waals surface area contributed by atoms with Crippen LogP contribution in [0.1, 0.15) is 24.5 Å². The summed E-state index contributed by atoms with van der Waals surface area (Å²) in [7, 11) is 0. The maximum absolute atomic E-state index is 3.69. The van der Waals surface area contributed by atoms with Crippen molar-refractivity contribution in [3.05, 3.63) is 35.4 Å². The molecular weight excluding hydrogens is 226 g/mol. The van der Waals surface area contributed by atoms with Crippen molar-refractivity contribution in [2.45, 2.75) is 32.7 Å². The van der Waals surface area contributed by atoms with E-state index in [4.69, 9.17) is 0 Å². The van der Waals surface area contributed by atoms with Crippen molar-refractivity contribution < 1.29 is 0 Å². The van der Waals surface area contributed by atoms with E-state index in [0.717, 1.165) is 12.5 Å². The van der Waals surface area contributed by atoms with Gasteiger partial charge in [-0.15, -0.1) is 0 Å². The van der Waals surface area contributed by atoms with Gasteiger partial charge in [-0.3, -0.25) is 0 Å². The van der Waals surface area contributed by atoms with Gasteiger partial charge in [-0.2, -0.15) is 11.8 Å². The second-order valence-electron chi connectivity index (χ2n) is 4.92. The first-order valence-corrected chi connectivity index (χ1v) is 7.82. The molecule has 1 aliphatic heterocycles. The van der Waals surface area contributed by atoms with Gasteiger partial charge in [-0.1, -0.05) is 31.2 Å². The summed E-state index contributed by atoms with van der Waals surface area (Å²) >= 11 is 2.11. The second kappa shape index (κ2) is 6.46. The van der Waals surface area contributed by atoms with Crippen LogP contribution in [0.25, 0.3) is 0 Å². The molecule has 1 saturated heterocycles. The number of aryl methyl sites for hydroxylation is 1. The Morgan fingerprint density at radius 1 is 1.41 bits per heavy atom. The van der Waals surface area contributed by atoms with Gasteiger partial charge in [-0.25, -0.2) is 0 Å². The summed E-state index contributed by atoms with van der Waals surface area (Å²) in [5, 5.41) is 3.69. The molecule has 1 heterocycles. The second-order valence-corrected chi connectivity index (χ2v) is 6.07. The van der Waals surface area contributed by atoms with Crippen LogP contribution in [0.15, 0.2) is 24.3 Å². The molecule has 1 aliphatic rings. The average molecular weight is 249 g/mol. The van der Waals surface area contributed by atoms with Crippen LogP contribution in [0, 0.1) is 12.8 Å². The highest BCUT2D eigenvalue weighted by atomic mass is 32.2. The quantitative estimate of drug-likeness (QED) is 0.859. The molecule has 0 aromatic heterocycles. The van der Waals surface area contributed by atoms with E-state index in [-0.39, 0.29) is 0 Å². The van der Waals surface area contributed by atoms with Crippen LogP contribution in [-0.2, 0) is 6.42 Å². The molecule has 2 unspecified atom stereocenters. The lowest BCUT2D eigenvalue weighted by Crippen LogP contribution is -2.38. The van der Waals surface area contributed by atoms with E-state index in [0.29, 0.717) is 6.04 Å². The van der Waals surface area contributed by atoms with Crippen molar-refractivity contribution >= 4 is 11.8 Å². The van der Waals surface area contributed by atoms with Gasteiger partial charge in [0.2, 0.25) is 0 Å². The number of hydrogen-bond acceptors (Lipinski definition) is 2. The first kappa shape index (κ1) is 13.0. The average Bonchev–Trinajstić information content (AvgIpc) is 2.85. The number of likely N-dealkylation sites (N-methyl/N-ethyl adjacent to an activating group) is 1. The highest BCUT2D eigenvalue weighted by molar-refractivity contribution is 7.99. The molecule has 94 valence electrons. The summed E-state index contributed by atoms with van der Waals surface area (Å²) < 4.78 is 0. The zero-order chi connectivity index (χ0) is 12.1. The summed E-state index contributed by atoms with van der Waals surface area (Å²) in [4.78, 5) is 0. The molecule has 0 aliphatic carbocycles. The zero-order valence-electron chi connectivity index (χ0n) is 10.9. The van der Waals surface area contributed by atoms with Crippen molar-refractivity contribution in [3.8, 4) is 0 Å². The van der Waals surface area contributed by atoms with Gasteiger partial charge in [0, 0.05) is 6.04 Å². The molecule has 0 radical (unpaired) electrons. The molecule has 2 heteroatoms. The Labute approximate surface area is 109 Å². The molecule has 1 fully saturated rings. The van der Waals surface area contributed by atoms with Gasteiger partial charge >= 0.3 is 0 Å². The molecule has 1 aromatic rings. The number of hydrogen-bond donors (Lipinski definition) is 1. The molecule has 0 spiro atoms. The van der Waals surface area contributed by atoms with Crippen LogP contribution in [-0.4, -0.2) is 24.1 Å². The van der Waals surface area contributed by atoms with E-state index in [9.17, 15) is 0 Å². The predicted octanol–water partition coefficient (Wildman–Crippen LogP) is 3.27. The smallest absolute Gasteiger partial charge is 0.0144 e. The van der Waals surface area contributed by atoms with Gasteiger partial charge in [-0.05, 0) is 54.9 Å². The van der Waals surface area contributed by atoms with Gasteiger partial charge < -0.3 is 5.32 Å². The fourth-order valence-corrected chi connectivity index (χ4v) is 3.95. The monoisotopic (exact) mass is 249 g/mol. The van der Waals surface area contributed by atoms with E-state index in [2.05, 4.69) is 55.2 Å². The largest absolute Gasteiger partial charge is 0.314 e. The molecule has 0 saturated carbocycles. The Balaban J connectivity index is 2.04. The first-order valence-electron chi connectivity index (χ1n) is 6.67. The summed E-state index contributed by atoms with van der Waals surface area (Å²) in [6, 6.07) is 9.46. The van der Waals surface area contributed by atoms with Crippen LogP contribution in [0.5, 0.6) is 0 Å². The van der Waals surface area contributed by atoms with E-state index in [1.807, 2.05) is 0 Å². The SMILES string of the molecule is CCNC(Cc1ccccc1C)C1CCSC1. The van der Waals surface area contributed by atoms with Crippen molar-refractivity contribution in [2.24, 2.45) is 5.92 Å². The Bertz CT molecular complexity index is 345. The van der Waals surface area contributed by atoms with E-state index in [1.54, 1.807) is 0 Å². The molecule has 2 rings (SSSR count). The van der Waals surface area contributed by atoms with Gasteiger partial charge in [0.1, 0.15) is 0 Å². The zero-order valence-corrected chi connectivity index (χ0v) is 11.7.